The van der Waals surface area contributed by atoms with Gasteiger partial charge in [0.25, 0.3) is 0 Å². The molecule has 3 amide bonds. The van der Waals surface area contributed by atoms with Crippen molar-refractivity contribution in [3.05, 3.63) is 107 Å². The van der Waals surface area contributed by atoms with Crippen molar-refractivity contribution in [2.75, 3.05) is 0 Å². The molecule has 0 saturated heterocycles. The van der Waals surface area contributed by atoms with Crippen molar-refractivity contribution in [3.8, 4) is 0 Å². The van der Waals surface area contributed by atoms with Gasteiger partial charge in [-0.15, -0.1) is 0 Å². The number of aryl methyl sites for hydroxylation is 1. The molecule has 186 valence electrons. The number of aliphatic imine (C=N–C) groups is 1. The lowest BCUT2D eigenvalue weighted by Gasteiger charge is -2.29. The predicted molar refractivity (Wildman–Crippen MR) is 136 cm³/mol. The van der Waals surface area contributed by atoms with Gasteiger partial charge >= 0.3 is 12.2 Å². The van der Waals surface area contributed by atoms with Crippen molar-refractivity contribution < 1.29 is 23.9 Å². The molecule has 0 spiro atoms. The van der Waals surface area contributed by atoms with Crippen molar-refractivity contribution in [2.24, 2.45) is 4.99 Å². The first-order valence-corrected chi connectivity index (χ1v) is 11.5. The minimum Gasteiger partial charge on any atom is -0.443 e. The van der Waals surface area contributed by atoms with Crippen molar-refractivity contribution in [2.45, 2.75) is 40.0 Å². The van der Waals surface area contributed by atoms with E-state index < -0.39 is 24.1 Å². The standard InChI is InChI=1S/C28H29N3O5/c1-20-14-16-25(17-15-20)26(29-22(3)32)21(2)31(28(34)36-19-24-12-8-5-9-13-24)30-27(33)35-18-23-10-6-4-7-11-23/h4-17,21H,18-19H2,1-3H3,(H,30,33). The first kappa shape index (κ1) is 26.2. The number of benzene rings is 3. The van der Waals surface area contributed by atoms with Gasteiger partial charge in [-0.1, -0.05) is 90.5 Å². The van der Waals surface area contributed by atoms with Crippen LogP contribution >= 0.6 is 0 Å². The summed E-state index contributed by atoms with van der Waals surface area (Å²) in [4.78, 5) is 41.9. The third-order valence-corrected chi connectivity index (χ3v) is 5.23. The minimum absolute atomic E-state index is 0.00659. The Morgan fingerprint density at radius 3 is 1.89 bits per heavy atom. The second kappa shape index (κ2) is 12.9. The smallest absolute Gasteiger partial charge is 0.429 e. The highest BCUT2D eigenvalue weighted by Gasteiger charge is 2.29. The van der Waals surface area contributed by atoms with Crippen LogP contribution in [0, 0.1) is 6.92 Å². The summed E-state index contributed by atoms with van der Waals surface area (Å²) in [6, 6.07) is 24.8. The highest BCUT2D eigenvalue weighted by atomic mass is 16.6. The topological polar surface area (TPSA) is 97.3 Å². The van der Waals surface area contributed by atoms with E-state index in [4.69, 9.17) is 9.47 Å². The van der Waals surface area contributed by atoms with Crippen LogP contribution in [0.3, 0.4) is 0 Å². The van der Waals surface area contributed by atoms with E-state index in [0.29, 0.717) is 11.3 Å². The maximum Gasteiger partial charge on any atom is 0.429 e. The molecule has 0 heterocycles. The van der Waals surface area contributed by atoms with Gasteiger partial charge in [0, 0.05) is 6.92 Å². The van der Waals surface area contributed by atoms with Gasteiger partial charge in [0.1, 0.15) is 13.2 Å². The number of rotatable bonds is 7. The van der Waals surface area contributed by atoms with E-state index in [9.17, 15) is 14.4 Å². The number of carbonyl (C=O) groups excluding carboxylic acids is 3. The van der Waals surface area contributed by atoms with Gasteiger partial charge in [0.15, 0.2) is 0 Å². The van der Waals surface area contributed by atoms with E-state index in [1.54, 1.807) is 19.1 Å². The molecule has 0 aliphatic carbocycles. The van der Waals surface area contributed by atoms with Crippen molar-refractivity contribution >= 4 is 23.8 Å². The zero-order valence-electron chi connectivity index (χ0n) is 20.5. The fourth-order valence-corrected chi connectivity index (χ4v) is 3.36. The van der Waals surface area contributed by atoms with Crippen LogP contribution in [0.15, 0.2) is 89.9 Å². The lowest BCUT2D eigenvalue weighted by atomic mass is 10.0. The Labute approximate surface area is 210 Å². The molecule has 8 heteroatoms. The predicted octanol–water partition coefficient (Wildman–Crippen LogP) is 5.20. The molecule has 8 nitrogen and oxygen atoms in total. The second-order valence-electron chi connectivity index (χ2n) is 8.14. The highest BCUT2D eigenvalue weighted by molar-refractivity contribution is 6.10. The molecule has 0 fully saturated rings. The summed E-state index contributed by atoms with van der Waals surface area (Å²) < 4.78 is 10.8. The van der Waals surface area contributed by atoms with Crippen molar-refractivity contribution in [1.82, 2.24) is 10.4 Å². The zero-order chi connectivity index (χ0) is 25.9. The minimum atomic E-state index is -0.857. The molecule has 1 unspecified atom stereocenters. The number of hydrogen-bond acceptors (Lipinski definition) is 5. The largest absolute Gasteiger partial charge is 0.443 e. The number of carbonyl (C=O) groups is 3. The Hall–Kier alpha value is -4.46. The summed E-state index contributed by atoms with van der Waals surface area (Å²) in [5.74, 6) is -0.443. The quantitative estimate of drug-likeness (QED) is 0.365. The molecule has 0 aliphatic rings. The molecule has 0 aliphatic heterocycles. The first-order valence-electron chi connectivity index (χ1n) is 11.5. The number of ether oxygens (including phenoxy) is 2. The maximum atomic E-state index is 13.1. The monoisotopic (exact) mass is 487 g/mol. The van der Waals surface area contributed by atoms with Gasteiger partial charge in [0.2, 0.25) is 5.91 Å². The number of hydrogen-bond donors (Lipinski definition) is 1. The fraction of sp³-hybridized carbons (Fsp3) is 0.214. The summed E-state index contributed by atoms with van der Waals surface area (Å²) in [5, 5.41) is 0.984. The summed E-state index contributed by atoms with van der Waals surface area (Å²) >= 11 is 0. The summed E-state index contributed by atoms with van der Waals surface area (Å²) in [7, 11) is 0. The van der Waals surface area contributed by atoms with Gasteiger partial charge in [-0.3, -0.25) is 4.79 Å². The SMILES string of the molecule is CC(=O)N=C(c1ccc(C)cc1)C(C)N(NC(=O)OCc1ccccc1)C(=O)OCc1ccccc1. The Morgan fingerprint density at radius 2 is 1.36 bits per heavy atom. The van der Waals surface area contributed by atoms with E-state index in [0.717, 1.165) is 21.7 Å². The molecular formula is C28H29N3O5. The van der Waals surface area contributed by atoms with Crippen molar-refractivity contribution in [3.63, 3.8) is 0 Å². The lowest BCUT2D eigenvalue weighted by molar-refractivity contribution is -0.115. The van der Waals surface area contributed by atoms with Crippen LogP contribution < -0.4 is 5.43 Å². The number of amides is 3. The highest BCUT2D eigenvalue weighted by Crippen LogP contribution is 2.14. The third-order valence-electron chi connectivity index (χ3n) is 5.23. The van der Waals surface area contributed by atoms with Gasteiger partial charge in [-0.25, -0.2) is 25.0 Å². The summed E-state index contributed by atoms with van der Waals surface area (Å²) in [6.07, 6.45) is -1.68. The zero-order valence-corrected chi connectivity index (χ0v) is 20.5. The molecule has 36 heavy (non-hydrogen) atoms. The van der Waals surface area contributed by atoms with Crippen LogP contribution in [0.1, 0.15) is 36.1 Å². The summed E-state index contributed by atoms with van der Waals surface area (Å²) in [6.45, 7) is 4.91. The van der Waals surface area contributed by atoms with E-state index in [2.05, 4.69) is 10.4 Å². The van der Waals surface area contributed by atoms with Crippen LogP contribution in [0.2, 0.25) is 0 Å². The molecule has 3 rings (SSSR count). The van der Waals surface area contributed by atoms with E-state index >= 15 is 0 Å². The molecule has 3 aromatic carbocycles. The molecule has 1 N–H and O–H groups in total. The Kier molecular flexibility index (Phi) is 9.33. The van der Waals surface area contributed by atoms with Gasteiger partial charge in [-0.05, 0) is 30.5 Å². The van der Waals surface area contributed by atoms with Crippen LogP contribution in [0.4, 0.5) is 9.59 Å². The molecule has 0 aromatic heterocycles. The Balaban J connectivity index is 1.83. The van der Waals surface area contributed by atoms with Crippen LogP contribution in [-0.4, -0.2) is 34.9 Å². The van der Waals surface area contributed by atoms with Crippen molar-refractivity contribution in [1.29, 1.82) is 0 Å². The molecule has 0 saturated carbocycles. The number of nitrogens with one attached hydrogen (secondary N) is 1. The van der Waals surface area contributed by atoms with Crippen LogP contribution in [0.25, 0.3) is 0 Å². The normalized spacial score (nSPS) is 11.8. The Morgan fingerprint density at radius 1 is 0.833 bits per heavy atom. The maximum absolute atomic E-state index is 13.1. The molecule has 1 atom stereocenters. The fourth-order valence-electron chi connectivity index (χ4n) is 3.36. The van der Waals surface area contributed by atoms with E-state index in [1.165, 1.54) is 6.92 Å². The van der Waals surface area contributed by atoms with Crippen LogP contribution in [-0.2, 0) is 27.5 Å². The van der Waals surface area contributed by atoms with Crippen LogP contribution in [0.5, 0.6) is 0 Å². The number of hydrazine groups is 1. The van der Waals surface area contributed by atoms with E-state index in [-0.39, 0.29) is 13.2 Å². The number of nitrogens with zero attached hydrogens (tertiary/aromatic N) is 2. The second-order valence-corrected chi connectivity index (χ2v) is 8.14. The molecule has 0 bridgehead atoms. The Bertz CT molecular complexity index is 1190. The average molecular weight is 488 g/mol. The molecular weight excluding hydrogens is 458 g/mol. The summed E-state index contributed by atoms with van der Waals surface area (Å²) in [5.41, 5.74) is 5.98. The molecule has 3 aromatic rings. The van der Waals surface area contributed by atoms with Gasteiger partial charge in [-0.2, -0.15) is 0 Å². The first-order chi connectivity index (χ1) is 17.3. The van der Waals surface area contributed by atoms with Gasteiger partial charge < -0.3 is 9.47 Å². The van der Waals surface area contributed by atoms with Gasteiger partial charge in [0.05, 0.1) is 11.8 Å². The molecule has 0 radical (unpaired) electrons. The lowest BCUT2D eigenvalue weighted by Crippen LogP contribution is -2.54. The third kappa shape index (κ3) is 7.80. The average Bonchev–Trinajstić information content (AvgIpc) is 2.89. The van der Waals surface area contributed by atoms with E-state index in [1.807, 2.05) is 79.7 Å².